The van der Waals surface area contributed by atoms with E-state index in [-0.39, 0.29) is 16.8 Å². The third kappa shape index (κ3) is 6.70. The molecular weight excluding hydrogens is 176 g/mol. The van der Waals surface area contributed by atoms with Crippen LogP contribution >= 0.6 is 0 Å². The summed E-state index contributed by atoms with van der Waals surface area (Å²) in [5, 5.41) is 0. The number of carbonyl (C=O) groups is 1. The molecule has 0 aliphatic rings. The summed E-state index contributed by atoms with van der Waals surface area (Å²) in [6.45, 7) is 13.5. The molecule has 0 atom stereocenters. The number of ether oxygens (including phenoxy) is 1. The molecular formula is C12H22O2. The highest BCUT2D eigenvalue weighted by Crippen LogP contribution is 2.22. The van der Waals surface area contributed by atoms with Crippen LogP contribution in [-0.4, -0.2) is 11.4 Å². The SMILES string of the molecule is CC(=O)/C(=C/C(C)(C)C)OC(C)(C)C. The predicted molar refractivity (Wildman–Crippen MR) is 59.1 cm³/mol. The van der Waals surface area contributed by atoms with Gasteiger partial charge in [-0.05, 0) is 32.3 Å². The lowest BCUT2D eigenvalue weighted by Crippen LogP contribution is -2.22. The third-order valence-electron chi connectivity index (χ3n) is 1.33. The van der Waals surface area contributed by atoms with Crippen molar-refractivity contribution >= 4 is 5.78 Å². The van der Waals surface area contributed by atoms with Crippen LogP contribution in [0.5, 0.6) is 0 Å². The number of hydrogen-bond acceptors (Lipinski definition) is 2. The molecule has 0 bridgehead atoms. The van der Waals surface area contributed by atoms with Gasteiger partial charge in [0.05, 0.1) is 0 Å². The fourth-order valence-electron chi connectivity index (χ4n) is 0.926. The standard InChI is InChI=1S/C12H22O2/c1-9(13)10(8-11(2,3)4)14-12(5,6)7/h8H,1-7H3/b10-8-. The summed E-state index contributed by atoms with van der Waals surface area (Å²) in [7, 11) is 0. The van der Waals surface area contributed by atoms with Gasteiger partial charge in [0.1, 0.15) is 5.60 Å². The first kappa shape index (κ1) is 13.2. The Morgan fingerprint density at radius 1 is 1.07 bits per heavy atom. The Balaban J connectivity index is 4.81. The Labute approximate surface area is 87.3 Å². The van der Waals surface area contributed by atoms with E-state index >= 15 is 0 Å². The normalized spacial score (nSPS) is 14.1. The Bertz CT molecular complexity index is 236. The molecule has 0 N–H and O–H groups in total. The van der Waals surface area contributed by atoms with Gasteiger partial charge in [0.25, 0.3) is 0 Å². The van der Waals surface area contributed by atoms with Gasteiger partial charge in [0.15, 0.2) is 11.5 Å². The quantitative estimate of drug-likeness (QED) is 0.502. The van der Waals surface area contributed by atoms with Gasteiger partial charge in [0, 0.05) is 6.92 Å². The summed E-state index contributed by atoms with van der Waals surface area (Å²) in [4.78, 5) is 11.3. The number of allylic oxidation sites excluding steroid dienone is 2. The average molecular weight is 198 g/mol. The second-order valence-corrected chi connectivity index (χ2v) is 5.65. The highest BCUT2D eigenvalue weighted by molar-refractivity contribution is 5.91. The molecule has 2 heteroatoms. The van der Waals surface area contributed by atoms with E-state index in [9.17, 15) is 4.79 Å². The third-order valence-corrected chi connectivity index (χ3v) is 1.33. The molecule has 0 rings (SSSR count). The molecule has 0 aromatic rings. The summed E-state index contributed by atoms with van der Waals surface area (Å²) < 4.78 is 5.59. The lowest BCUT2D eigenvalue weighted by Gasteiger charge is -2.24. The van der Waals surface area contributed by atoms with Crippen molar-refractivity contribution in [1.82, 2.24) is 0 Å². The maximum Gasteiger partial charge on any atom is 0.194 e. The van der Waals surface area contributed by atoms with E-state index in [4.69, 9.17) is 4.74 Å². The number of hydrogen-bond donors (Lipinski definition) is 0. The Morgan fingerprint density at radius 2 is 1.50 bits per heavy atom. The number of Topliss-reactive ketones (excluding diaryl/α,β-unsaturated/α-hetero) is 1. The molecule has 0 aliphatic heterocycles. The Morgan fingerprint density at radius 3 is 1.71 bits per heavy atom. The van der Waals surface area contributed by atoms with E-state index in [0.29, 0.717) is 5.76 Å². The molecule has 0 aromatic carbocycles. The van der Waals surface area contributed by atoms with Crippen LogP contribution in [0.15, 0.2) is 11.8 Å². The number of ketones is 1. The van der Waals surface area contributed by atoms with Crippen molar-refractivity contribution in [2.75, 3.05) is 0 Å². The summed E-state index contributed by atoms with van der Waals surface area (Å²) in [6.07, 6.45) is 1.88. The number of carbonyl (C=O) groups excluding carboxylic acids is 1. The van der Waals surface area contributed by atoms with Crippen molar-refractivity contribution < 1.29 is 9.53 Å². The second kappa shape index (κ2) is 4.16. The van der Waals surface area contributed by atoms with Crippen molar-refractivity contribution in [3.05, 3.63) is 11.8 Å². The first-order valence-electron chi connectivity index (χ1n) is 4.94. The predicted octanol–water partition coefficient (Wildman–Crippen LogP) is 3.32. The van der Waals surface area contributed by atoms with E-state index in [1.54, 1.807) is 0 Å². The molecule has 0 aromatic heterocycles. The zero-order chi connectivity index (χ0) is 11.6. The van der Waals surface area contributed by atoms with Crippen molar-refractivity contribution in [3.8, 4) is 0 Å². The molecule has 0 unspecified atom stereocenters. The first-order chi connectivity index (χ1) is 6.01. The Kier molecular flexibility index (Phi) is 3.92. The average Bonchev–Trinajstić information content (AvgIpc) is 1.78. The van der Waals surface area contributed by atoms with Crippen LogP contribution in [0.25, 0.3) is 0 Å². The van der Waals surface area contributed by atoms with Gasteiger partial charge in [-0.2, -0.15) is 0 Å². The monoisotopic (exact) mass is 198 g/mol. The topological polar surface area (TPSA) is 26.3 Å². The minimum atomic E-state index is -0.317. The molecule has 0 saturated carbocycles. The van der Waals surface area contributed by atoms with E-state index in [1.807, 2.05) is 47.6 Å². The summed E-state index contributed by atoms with van der Waals surface area (Å²) in [6, 6.07) is 0. The molecule has 14 heavy (non-hydrogen) atoms. The summed E-state index contributed by atoms with van der Waals surface area (Å²) >= 11 is 0. The molecule has 0 amide bonds. The number of rotatable bonds is 2. The van der Waals surface area contributed by atoms with Crippen LogP contribution < -0.4 is 0 Å². The van der Waals surface area contributed by atoms with Gasteiger partial charge < -0.3 is 4.74 Å². The van der Waals surface area contributed by atoms with Gasteiger partial charge in [-0.25, -0.2) is 0 Å². The minimum absolute atomic E-state index is 0.0187. The van der Waals surface area contributed by atoms with Crippen LogP contribution in [0.2, 0.25) is 0 Å². The van der Waals surface area contributed by atoms with E-state index in [1.165, 1.54) is 6.92 Å². The molecule has 0 fully saturated rings. The largest absolute Gasteiger partial charge is 0.485 e. The first-order valence-corrected chi connectivity index (χ1v) is 4.94. The van der Waals surface area contributed by atoms with Crippen molar-refractivity contribution in [1.29, 1.82) is 0 Å². The smallest absolute Gasteiger partial charge is 0.194 e. The summed E-state index contributed by atoms with van der Waals surface area (Å²) in [5.74, 6) is 0.444. The molecule has 0 saturated heterocycles. The molecule has 0 aliphatic carbocycles. The van der Waals surface area contributed by atoms with Crippen molar-refractivity contribution in [2.24, 2.45) is 5.41 Å². The zero-order valence-corrected chi connectivity index (χ0v) is 10.4. The van der Waals surface area contributed by atoms with Crippen LogP contribution in [0.1, 0.15) is 48.5 Å². The van der Waals surface area contributed by atoms with Gasteiger partial charge in [-0.3, -0.25) is 4.79 Å². The van der Waals surface area contributed by atoms with Gasteiger partial charge in [0.2, 0.25) is 0 Å². The van der Waals surface area contributed by atoms with Crippen LogP contribution in [-0.2, 0) is 9.53 Å². The maximum absolute atomic E-state index is 11.3. The second-order valence-electron chi connectivity index (χ2n) is 5.65. The lowest BCUT2D eigenvalue weighted by atomic mass is 9.95. The molecule has 0 heterocycles. The molecule has 0 radical (unpaired) electrons. The Hall–Kier alpha value is -0.790. The summed E-state index contributed by atoms with van der Waals surface area (Å²) in [5.41, 5.74) is -0.352. The highest BCUT2D eigenvalue weighted by Gasteiger charge is 2.19. The molecule has 0 spiro atoms. The lowest BCUT2D eigenvalue weighted by molar-refractivity contribution is -0.119. The minimum Gasteiger partial charge on any atom is -0.485 e. The molecule has 82 valence electrons. The zero-order valence-electron chi connectivity index (χ0n) is 10.4. The maximum atomic E-state index is 11.3. The fourth-order valence-corrected chi connectivity index (χ4v) is 0.926. The van der Waals surface area contributed by atoms with Crippen molar-refractivity contribution in [3.63, 3.8) is 0 Å². The van der Waals surface area contributed by atoms with Crippen molar-refractivity contribution in [2.45, 2.75) is 54.1 Å². The van der Waals surface area contributed by atoms with Gasteiger partial charge >= 0.3 is 0 Å². The van der Waals surface area contributed by atoms with Gasteiger partial charge in [-0.15, -0.1) is 0 Å². The fraction of sp³-hybridized carbons (Fsp3) is 0.750. The van der Waals surface area contributed by atoms with E-state index in [2.05, 4.69) is 0 Å². The highest BCUT2D eigenvalue weighted by atomic mass is 16.5. The van der Waals surface area contributed by atoms with Crippen LogP contribution in [0.3, 0.4) is 0 Å². The van der Waals surface area contributed by atoms with E-state index < -0.39 is 0 Å². The van der Waals surface area contributed by atoms with Gasteiger partial charge in [-0.1, -0.05) is 20.8 Å². The molecule has 2 nitrogen and oxygen atoms in total. The van der Waals surface area contributed by atoms with E-state index in [0.717, 1.165) is 0 Å². The van der Waals surface area contributed by atoms with Crippen LogP contribution in [0.4, 0.5) is 0 Å². The van der Waals surface area contributed by atoms with Crippen LogP contribution in [0, 0.1) is 5.41 Å².